The van der Waals surface area contributed by atoms with Crippen LogP contribution in [0.5, 0.6) is 0 Å². The van der Waals surface area contributed by atoms with Crippen molar-refractivity contribution in [2.45, 2.75) is 19.8 Å². The highest BCUT2D eigenvalue weighted by Gasteiger charge is 2.23. The Bertz CT molecular complexity index is 638. The van der Waals surface area contributed by atoms with Crippen LogP contribution < -0.4 is 5.32 Å². The van der Waals surface area contributed by atoms with Crippen molar-refractivity contribution in [3.8, 4) is 0 Å². The number of benzene rings is 1. The van der Waals surface area contributed by atoms with E-state index in [2.05, 4.69) is 17.1 Å². The molecule has 0 unspecified atom stereocenters. The van der Waals surface area contributed by atoms with Gasteiger partial charge in [-0.25, -0.2) is 4.79 Å². The minimum Gasteiger partial charge on any atom is -0.339 e. The zero-order valence-electron chi connectivity index (χ0n) is 14.6. The van der Waals surface area contributed by atoms with Crippen LogP contribution in [-0.4, -0.2) is 72.5 Å². The molecule has 0 atom stereocenters. The van der Waals surface area contributed by atoms with Gasteiger partial charge in [0, 0.05) is 44.8 Å². The number of carbonyl (C=O) groups excluding carboxylic acids is 2. The molecule has 1 aromatic carbocycles. The molecule has 1 aromatic rings. The Morgan fingerprint density at radius 1 is 1.04 bits per heavy atom. The highest BCUT2D eigenvalue weighted by molar-refractivity contribution is 6.33. The summed E-state index contributed by atoms with van der Waals surface area (Å²) in [6, 6.07) is 4.92. The molecule has 7 heteroatoms. The first-order valence-corrected chi connectivity index (χ1v) is 9.33. The van der Waals surface area contributed by atoms with Crippen molar-refractivity contribution in [3.05, 3.63) is 28.8 Å². The van der Waals surface area contributed by atoms with Gasteiger partial charge in [0.15, 0.2) is 0 Å². The Morgan fingerprint density at radius 3 is 2.36 bits per heavy atom. The lowest BCUT2D eigenvalue weighted by Gasteiger charge is -2.34. The SMILES string of the molecule is CCN1CCN(C(=O)Nc2cc(C(=O)N3CCCC3)ccc2Cl)CC1. The molecule has 2 fully saturated rings. The quantitative estimate of drug-likeness (QED) is 0.897. The van der Waals surface area contributed by atoms with Gasteiger partial charge in [0.2, 0.25) is 0 Å². The smallest absolute Gasteiger partial charge is 0.321 e. The van der Waals surface area contributed by atoms with Gasteiger partial charge in [0.1, 0.15) is 0 Å². The monoisotopic (exact) mass is 364 g/mol. The molecule has 25 heavy (non-hydrogen) atoms. The van der Waals surface area contributed by atoms with E-state index in [0.29, 0.717) is 29.4 Å². The number of nitrogens with one attached hydrogen (secondary N) is 1. The largest absolute Gasteiger partial charge is 0.339 e. The van der Waals surface area contributed by atoms with E-state index >= 15 is 0 Å². The number of carbonyl (C=O) groups is 2. The van der Waals surface area contributed by atoms with Gasteiger partial charge >= 0.3 is 6.03 Å². The van der Waals surface area contributed by atoms with Crippen molar-refractivity contribution in [1.82, 2.24) is 14.7 Å². The zero-order valence-corrected chi connectivity index (χ0v) is 15.4. The molecule has 0 bridgehead atoms. The second-order valence-electron chi connectivity index (χ2n) is 6.55. The van der Waals surface area contributed by atoms with E-state index in [-0.39, 0.29) is 11.9 Å². The number of halogens is 1. The standard InChI is InChI=1S/C18H25ClN4O2/c1-2-21-9-11-23(12-10-21)18(25)20-16-13-14(5-6-15(16)19)17(24)22-7-3-4-8-22/h5-6,13H,2-4,7-12H2,1H3,(H,20,25). The van der Waals surface area contributed by atoms with E-state index in [9.17, 15) is 9.59 Å². The van der Waals surface area contributed by atoms with Crippen LogP contribution in [0.2, 0.25) is 5.02 Å². The fraction of sp³-hybridized carbons (Fsp3) is 0.556. The van der Waals surface area contributed by atoms with Crippen LogP contribution in [0, 0.1) is 0 Å². The first-order valence-electron chi connectivity index (χ1n) is 8.95. The fourth-order valence-electron chi connectivity index (χ4n) is 3.32. The third kappa shape index (κ3) is 4.25. The molecule has 3 amide bonds. The lowest BCUT2D eigenvalue weighted by atomic mass is 10.1. The van der Waals surface area contributed by atoms with E-state index < -0.39 is 0 Å². The zero-order chi connectivity index (χ0) is 17.8. The highest BCUT2D eigenvalue weighted by atomic mass is 35.5. The molecule has 2 saturated heterocycles. The maximum atomic E-state index is 12.5. The van der Waals surface area contributed by atoms with E-state index in [4.69, 9.17) is 11.6 Å². The maximum Gasteiger partial charge on any atom is 0.321 e. The molecule has 6 nitrogen and oxygen atoms in total. The molecule has 0 aliphatic carbocycles. The van der Waals surface area contributed by atoms with Crippen molar-refractivity contribution in [2.24, 2.45) is 0 Å². The molecular formula is C18H25ClN4O2. The topological polar surface area (TPSA) is 55.9 Å². The number of hydrogen-bond donors (Lipinski definition) is 1. The van der Waals surface area contributed by atoms with Crippen LogP contribution in [0.1, 0.15) is 30.1 Å². The van der Waals surface area contributed by atoms with Gasteiger partial charge in [-0.15, -0.1) is 0 Å². The summed E-state index contributed by atoms with van der Waals surface area (Å²) in [7, 11) is 0. The van der Waals surface area contributed by atoms with E-state index in [1.165, 1.54) is 0 Å². The molecule has 0 saturated carbocycles. The third-order valence-electron chi connectivity index (χ3n) is 4.95. The number of nitrogens with zero attached hydrogens (tertiary/aromatic N) is 3. The van der Waals surface area contributed by atoms with Gasteiger partial charge in [-0.3, -0.25) is 4.79 Å². The maximum absolute atomic E-state index is 12.5. The summed E-state index contributed by atoms with van der Waals surface area (Å²) >= 11 is 6.22. The first-order chi connectivity index (χ1) is 12.1. The van der Waals surface area contributed by atoms with Gasteiger partial charge in [0.05, 0.1) is 10.7 Å². The normalized spacial score (nSPS) is 18.5. The van der Waals surface area contributed by atoms with Crippen LogP contribution in [0.3, 0.4) is 0 Å². The van der Waals surface area contributed by atoms with Gasteiger partial charge in [-0.1, -0.05) is 18.5 Å². The van der Waals surface area contributed by atoms with Crippen molar-refractivity contribution >= 4 is 29.2 Å². The number of hydrogen-bond acceptors (Lipinski definition) is 3. The number of urea groups is 1. The van der Waals surface area contributed by atoms with Crippen molar-refractivity contribution in [3.63, 3.8) is 0 Å². The molecule has 2 aliphatic rings. The summed E-state index contributed by atoms with van der Waals surface area (Å²) in [5.74, 6) is 0.00113. The number of anilines is 1. The third-order valence-corrected chi connectivity index (χ3v) is 5.28. The lowest BCUT2D eigenvalue weighted by molar-refractivity contribution is 0.0793. The predicted molar refractivity (Wildman–Crippen MR) is 99.3 cm³/mol. The molecular weight excluding hydrogens is 340 g/mol. The van der Waals surface area contributed by atoms with Crippen LogP contribution in [0.15, 0.2) is 18.2 Å². The molecule has 0 aromatic heterocycles. The van der Waals surface area contributed by atoms with Crippen LogP contribution >= 0.6 is 11.6 Å². The van der Waals surface area contributed by atoms with Crippen molar-refractivity contribution in [1.29, 1.82) is 0 Å². The molecule has 1 N–H and O–H groups in total. The van der Waals surface area contributed by atoms with Gasteiger partial charge in [-0.2, -0.15) is 0 Å². The Kier molecular flexibility index (Phi) is 5.81. The Hall–Kier alpha value is -1.79. The Balaban J connectivity index is 1.66. The lowest BCUT2D eigenvalue weighted by Crippen LogP contribution is -2.49. The second kappa shape index (κ2) is 8.06. The van der Waals surface area contributed by atoms with Gasteiger partial charge < -0.3 is 20.0 Å². The molecule has 0 spiro atoms. The number of amides is 3. The predicted octanol–water partition coefficient (Wildman–Crippen LogP) is 2.75. The minimum atomic E-state index is -0.163. The Labute approximate surface area is 153 Å². The van der Waals surface area contributed by atoms with E-state index in [1.54, 1.807) is 23.1 Å². The average Bonchev–Trinajstić information content (AvgIpc) is 3.17. The molecule has 0 radical (unpaired) electrons. The summed E-state index contributed by atoms with van der Waals surface area (Å²) in [5.41, 5.74) is 1.06. The van der Waals surface area contributed by atoms with Gasteiger partial charge in [0.25, 0.3) is 5.91 Å². The summed E-state index contributed by atoms with van der Waals surface area (Å²) < 4.78 is 0. The summed E-state index contributed by atoms with van der Waals surface area (Å²) in [6.07, 6.45) is 2.10. The average molecular weight is 365 g/mol. The molecule has 136 valence electrons. The first kappa shape index (κ1) is 18.0. The van der Waals surface area contributed by atoms with Crippen LogP contribution in [0.4, 0.5) is 10.5 Å². The number of piperazine rings is 1. The van der Waals surface area contributed by atoms with Crippen LogP contribution in [0.25, 0.3) is 0 Å². The van der Waals surface area contributed by atoms with Gasteiger partial charge in [-0.05, 0) is 37.6 Å². The summed E-state index contributed by atoms with van der Waals surface area (Å²) in [5, 5.41) is 3.31. The van der Waals surface area contributed by atoms with E-state index in [1.807, 2.05) is 4.90 Å². The number of likely N-dealkylation sites (tertiary alicyclic amines) is 1. The molecule has 3 rings (SSSR count). The van der Waals surface area contributed by atoms with Crippen LogP contribution in [-0.2, 0) is 0 Å². The summed E-state index contributed by atoms with van der Waals surface area (Å²) in [4.78, 5) is 31.0. The fourth-order valence-corrected chi connectivity index (χ4v) is 3.48. The van der Waals surface area contributed by atoms with E-state index in [0.717, 1.165) is 45.6 Å². The Morgan fingerprint density at radius 2 is 1.72 bits per heavy atom. The summed E-state index contributed by atoms with van der Waals surface area (Å²) in [6.45, 7) is 7.87. The molecule has 2 aliphatic heterocycles. The second-order valence-corrected chi connectivity index (χ2v) is 6.95. The highest BCUT2D eigenvalue weighted by Crippen LogP contribution is 2.25. The van der Waals surface area contributed by atoms with Crippen molar-refractivity contribution < 1.29 is 9.59 Å². The number of likely N-dealkylation sites (N-methyl/N-ethyl adjacent to an activating group) is 1. The van der Waals surface area contributed by atoms with Crippen molar-refractivity contribution in [2.75, 3.05) is 51.1 Å². The number of rotatable bonds is 3. The molecule has 2 heterocycles. The minimum absolute atomic E-state index is 0.00113.